The van der Waals surface area contributed by atoms with Gasteiger partial charge in [0.25, 0.3) is 0 Å². The van der Waals surface area contributed by atoms with Crippen molar-refractivity contribution in [2.24, 2.45) is 0 Å². The molecule has 2 aromatic heterocycles. The number of halogens is 2. The van der Waals surface area contributed by atoms with Gasteiger partial charge in [0.05, 0.1) is 14.2 Å². The van der Waals surface area contributed by atoms with Gasteiger partial charge in [-0.2, -0.15) is 9.97 Å². The van der Waals surface area contributed by atoms with Crippen LogP contribution in [0.3, 0.4) is 0 Å². The fourth-order valence-electron chi connectivity index (χ4n) is 7.29. The third-order valence-electron chi connectivity index (χ3n) is 10.3. The molecule has 6 rings (SSSR count). The molecular weight excluding hydrogens is 703 g/mol. The first-order valence-corrected chi connectivity index (χ1v) is 18.4. The van der Waals surface area contributed by atoms with E-state index in [1.165, 1.54) is 20.0 Å². The predicted molar refractivity (Wildman–Crippen MR) is 202 cm³/mol. The van der Waals surface area contributed by atoms with E-state index in [2.05, 4.69) is 47.8 Å². The molecule has 2 atom stereocenters. The lowest BCUT2D eigenvalue weighted by atomic mass is 9.92. The zero-order valence-corrected chi connectivity index (χ0v) is 31.9. The fraction of sp³-hybridized carbons (Fsp3) is 0.425. The van der Waals surface area contributed by atoms with E-state index in [4.69, 9.17) is 42.1 Å². The van der Waals surface area contributed by atoms with E-state index in [-0.39, 0.29) is 19.1 Å². The number of carbonyl (C=O) groups is 1. The molecule has 4 aromatic rings. The first-order valence-electron chi connectivity index (χ1n) is 17.7. The minimum Gasteiger partial charge on any atom is -0.481 e. The highest BCUT2D eigenvalue weighted by Crippen LogP contribution is 2.36. The Kier molecular flexibility index (Phi) is 12.1. The van der Waals surface area contributed by atoms with E-state index in [0.717, 1.165) is 58.5 Å². The van der Waals surface area contributed by atoms with Crippen LogP contribution in [0.1, 0.15) is 66.0 Å². The van der Waals surface area contributed by atoms with E-state index in [1.54, 1.807) is 13.2 Å². The van der Waals surface area contributed by atoms with Gasteiger partial charge in [0.1, 0.15) is 29.3 Å². The zero-order valence-electron chi connectivity index (χ0n) is 30.4. The number of benzene rings is 2. The summed E-state index contributed by atoms with van der Waals surface area (Å²) in [5.41, 5.74) is 7.96. The molecule has 4 heterocycles. The fourth-order valence-corrected chi connectivity index (χ4v) is 7.74. The lowest BCUT2D eigenvalue weighted by Gasteiger charge is -2.22. The van der Waals surface area contributed by atoms with E-state index >= 15 is 0 Å². The summed E-state index contributed by atoms with van der Waals surface area (Å²) >= 11 is 13.3. The quantitative estimate of drug-likeness (QED) is 0.135. The second-order valence-electron chi connectivity index (χ2n) is 13.6. The minimum absolute atomic E-state index is 0.239. The maximum absolute atomic E-state index is 11.7. The summed E-state index contributed by atoms with van der Waals surface area (Å²) in [6.07, 6.45) is 3.83. The summed E-state index contributed by atoms with van der Waals surface area (Å²) in [5, 5.41) is 10.4. The second-order valence-corrected chi connectivity index (χ2v) is 14.4. The van der Waals surface area contributed by atoms with Gasteiger partial charge in [-0.3, -0.25) is 14.6 Å². The lowest BCUT2D eigenvalue weighted by Crippen LogP contribution is -2.35. The van der Waals surface area contributed by atoms with Gasteiger partial charge in [-0.1, -0.05) is 59.6 Å². The molecule has 0 saturated carbocycles. The van der Waals surface area contributed by atoms with E-state index in [0.29, 0.717) is 58.8 Å². The molecule has 2 fully saturated rings. The first kappa shape index (κ1) is 37.7. The van der Waals surface area contributed by atoms with Crippen LogP contribution in [0, 0.1) is 13.8 Å². The molecule has 0 aliphatic carbocycles. The molecule has 52 heavy (non-hydrogen) atoms. The van der Waals surface area contributed by atoms with Crippen molar-refractivity contribution < 1.29 is 28.8 Å². The smallest absolute Gasteiger partial charge is 0.320 e. The topological polar surface area (TPSA) is 106 Å². The van der Waals surface area contributed by atoms with Crippen molar-refractivity contribution in [2.45, 2.75) is 84.8 Å². The van der Waals surface area contributed by atoms with Crippen molar-refractivity contribution in [1.82, 2.24) is 19.8 Å². The second kappa shape index (κ2) is 16.7. The van der Waals surface area contributed by atoms with Crippen LogP contribution in [0.15, 0.2) is 48.5 Å². The van der Waals surface area contributed by atoms with E-state index < -0.39 is 12.0 Å². The molecule has 12 heteroatoms. The van der Waals surface area contributed by atoms with E-state index in [1.807, 2.05) is 35.2 Å². The molecule has 276 valence electrons. The molecule has 2 aliphatic heterocycles. The largest absolute Gasteiger partial charge is 0.481 e. The molecule has 1 N–H and O–H groups in total. The van der Waals surface area contributed by atoms with Crippen molar-refractivity contribution in [1.29, 1.82) is 0 Å². The summed E-state index contributed by atoms with van der Waals surface area (Å²) in [6, 6.07) is 16.0. The number of aromatic nitrogens is 2. The highest BCUT2D eigenvalue weighted by Gasteiger charge is 2.31. The SMILES string of the molecule is COc1nc(OCc2cccc(-c3cccc(COc4nc(OC)c(CN5CCCC5C(=O)O)cc4Cl)c3C)c2C)c(Cl)cc1CN1CCCC1C. The molecule has 0 radical (unpaired) electrons. The van der Waals surface area contributed by atoms with Crippen LogP contribution < -0.4 is 18.9 Å². The van der Waals surface area contributed by atoms with E-state index in [9.17, 15) is 9.90 Å². The Labute approximate surface area is 315 Å². The summed E-state index contributed by atoms with van der Waals surface area (Å²) in [4.78, 5) is 25.2. The number of hydrogen-bond acceptors (Lipinski definition) is 9. The Balaban J connectivity index is 1.15. The van der Waals surface area contributed by atoms with Gasteiger partial charge in [-0.25, -0.2) is 0 Å². The third kappa shape index (κ3) is 8.26. The van der Waals surface area contributed by atoms with Crippen molar-refractivity contribution >= 4 is 29.2 Å². The number of likely N-dealkylation sites (tertiary alicyclic amines) is 2. The van der Waals surface area contributed by atoms with Gasteiger partial charge in [-0.15, -0.1) is 0 Å². The van der Waals surface area contributed by atoms with Crippen molar-refractivity contribution in [3.8, 4) is 34.6 Å². The zero-order chi connectivity index (χ0) is 36.9. The number of carboxylic acid groups (broad SMARTS) is 1. The summed E-state index contributed by atoms with van der Waals surface area (Å²) in [7, 11) is 3.16. The average Bonchev–Trinajstić information content (AvgIpc) is 3.77. The Morgan fingerprint density at radius 2 is 1.23 bits per heavy atom. The number of nitrogens with zero attached hydrogens (tertiary/aromatic N) is 4. The number of methoxy groups -OCH3 is 2. The van der Waals surface area contributed by atoms with Gasteiger partial charge in [0.2, 0.25) is 23.5 Å². The van der Waals surface area contributed by atoms with Crippen LogP contribution in [0.25, 0.3) is 11.1 Å². The minimum atomic E-state index is -0.824. The van der Waals surface area contributed by atoms with Gasteiger partial charge in [-0.05, 0) is 105 Å². The van der Waals surface area contributed by atoms with Crippen molar-refractivity contribution in [3.05, 3.63) is 92.0 Å². The Bertz CT molecular complexity index is 1920. The van der Waals surface area contributed by atoms with Gasteiger partial charge >= 0.3 is 5.97 Å². The normalized spacial score (nSPS) is 17.8. The van der Waals surface area contributed by atoms with Crippen LogP contribution in [-0.2, 0) is 31.1 Å². The summed E-state index contributed by atoms with van der Waals surface area (Å²) in [5.74, 6) is 0.657. The number of ether oxygens (including phenoxy) is 4. The lowest BCUT2D eigenvalue weighted by molar-refractivity contribution is -0.142. The number of carboxylic acids is 1. The predicted octanol–water partition coefficient (Wildman–Crippen LogP) is 8.28. The number of rotatable bonds is 14. The molecule has 10 nitrogen and oxygen atoms in total. The van der Waals surface area contributed by atoms with Gasteiger partial charge in [0, 0.05) is 30.3 Å². The molecule has 0 amide bonds. The molecule has 0 bridgehead atoms. The summed E-state index contributed by atoms with van der Waals surface area (Å²) in [6.45, 7) is 9.79. The molecule has 2 aliphatic rings. The molecule has 2 saturated heterocycles. The summed E-state index contributed by atoms with van der Waals surface area (Å²) < 4.78 is 23.6. The number of aliphatic carboxylic acids is 1. The highest BCUT2D eigenvalue weighted by atomic mass is 35.5. The van der Waals surface area contributed by atoms with Gasteiger partial charge in [0.15, 0.2) is 0 Å². The maximum Gasteiger partial charge on any atom is 0.320 e. The molecule has 2 aromatic carbocycles. The van der Waals surface area contributed by atoms with Crippen molar-refractivity contribution in [2.75, 3.05) is 27.3 Å². The Morgan fingerprint density at radius 1 is 0.750 bits per heavy atom. The Hall–Kier alpha value is -4.09. The maximum atomic E-state index is 11.7. The van der Waals surface area contributed by atoms with Crippen LogP contribution in [0.5, 0.6) is 23.5 Å². The number of pyridine rings is 2. The van der Waals surface area contributed by atoms with Crippen LogP contribution in [0.2, 0.25) is 10.0 Å². The standard InChI is InChI=1S/C40H46Cl2N4O6/c1-24-10-8-16-45(24)20-29-18-33(41)38(43-36(29)49-4)51-22-27-11-6-13-31(25(27)2)32-14-7-12-28(26(32)3)23-52-39-34(42)19-30(37(44-39)50-5)21-46-17-9-15-35(46)40(47)48/h6-7,11-14,18-19,24,35H,8-10,15-17,20-23H2,1-5H3,(H,47,48). The first-order chi connectivity index (χ1) is 25.1. The molecular formula is C40H46Cl2N4O6. The molecule has 0 spiro atoms. The van der Waals surface area contributed by atoms with Crippen molar-refractivity contribution in [3.63, 3.8) is 0 Å². The van der Waals surface area contributed by atoms with Gasteiger partial charge < -0.3 is 24.1 Å². The Morgan fingerprint density at radius 3 is 1.69 bits per heavy atom. The third-order valence-corrected chi connectivity index (χ3v) is 10.9. The average molecular weight is 750 g/mol. The van der Waals surface area contributed by atoms with Crippen LogP contribution in [-0.4, -0.2) is 70.2 Å². The van der Waals surface area contributed by atoms with Crippen LogP contribution in [0.4, 0.5) is 0 Å². The highest BCUT2D eigenvalue weighted by molar-refractivity contribution is 6.32. The monoisotopic (exact) mass is 748 g/mol. The molecule has 2 unspecified atom stereocenters. The number of hydrogen-bond donors (Lipinski definition) is 1. The van der Waals surface area contributed by atoms with Crippen LogP contribution >= 0.6 is 23.2 Å².